The molecule has 1 aliphatic rings. The summed E-state index contributed by atoms with van der Waals surface area (Å²) < 4.78 is 7.22. The maximum atomic E-state index is 12.9. The van der Waals surface area contributed by atoms with Gasteiger partial charge in [-0.05, 0) is 30.3 Å². The number of rotatable bonds is 3. The standard InChI is InChI=1S/C21H20ClN5O2/c1-21(2,3)17-11-18(27(26-17)20-23-7-4-8-24-20)25-19(28)14-9-13-10-15(22)5-6-16(13)29-12-14/h4-11H,12H2,1-3H3,(H,25,28). The number of nitrogens with one attached hydrogen (secondary N) is 1. The molecule has 7 nitrogen and oxygen atoms in total. The fourth-order valence-electron chi connectivity index (χ4n) is 2.87. The summed E-state index contributed by atoms with van der Waals surface area (Å²) >= 11 is 6.06. The molecule has 1 N–H and O–H groups in total. The van der Waals surface area contributed by atoms with Crippen LogP contribution in [0.2, 0.25) is 5.02 Å². The van der Waals surface area contributed by atoms with E-state index in [9.17, 15) is 4.79 Å². The second-order valence-electron chi connectivity index (χ2n) is 7.72. The summed E-state index contributed by atoms with van der Waals surface area (Å²) in [5.41, 5.74) is 1.86. The second kappa shape index (κ2) is 7.33. The Morgan fingerprint density at radius 3 is 2.69 bits per heavy atom. The minimum Gasteiger partial charge on any atom is -0.488 e. The van der Waals surface area contributed by atoms with Crippen LogP contribution in [-0.4, -0.2) is 32.3 Å². The van der Waals surface area contributed by atoms with Crippen LogP contribution < -0.4 is 10.1 Å². The Labute approximate surface area is 173 Å². The molecule has 0 atom stereocenters. The summed E-state index contributed by atoms with van der Waals surface area (Å²) in [6.07, 6.45) is 5.04. The molecule has 8 heteroatoms. The molecule has 1 aromatic carbocycles. The predicted octanol–water partition coefficient (Wildman–Crippen LogP) is 4.03. The van der Waals surface area contributed by atoms with Crippen molar-refractivity contribution >= 4 is 29.4 Å². The van der Waals surface area contributed by atoms with E-state index in [1.165, 1.54) is 4.68 Å². The molecule has 0 saturated heterocycles. The van der Waals surface area contributed by atoms with E-state index in [0.717, 1.165) is 11.3 Å². The molecule has 0 radical (unpaired) electrons. The summed E-state index contributed by atoms with van der Waals surface area (Å²) in [5, 5.41) is 8.11. The Bertz CT molecular complexity index is 1100. The first-order chi connectivity index (χ1) is 13.8. The van der Waals surface area contributed by atoms with Crippen LogP contribution in [0.1, 0.15) is 32.0 Å². The molecule has 29 heavy (non-hydrogen) atoms. The van der Waals surface area contributed by atoms with Crippen LogP contribution in [0.15, 0.2) is 48.3 Å². The van der Waals surface area contributed by atoms with Gasteiger partial charge >= 0.3 is 0 Å². The van der Waals surface area contributed by atoms with E-state index >= 15 is 0 Å². The molecule has 148 valence electrons. The van der Waals surface area contributed by atoms with E-state index in [1.54, 1.807) is 42.7 Å². The first-order valence-electron chi connectivity index (χ1n) is 9.13. The normalized spacial score (nSPS) is 13.3. The van der Waals surface area contributed by atoms with Gasteiger partial charge < -0.3 is 10.1 Å². The topological polar surface area (TPSA) is 81.9 Å². The number of carbonyl (C=O) groups excluding carboxylic acids is 1. The molecule has 1 amide bonds. The van der Waals surface area contributed by atoms with Gasteiger partial charge in [0.05, 0.1) is 11.3 Å². The van der Waals surface area contributed by atoms with Gasteiger partial charge in [-0.15, -0.1) is 0 Å². The van der Waals surface area contributed by atoms with Crippen molar-refractivity contribution in [3.63, 3.8) is 0 Å². The highest BCUT2D eigenvalue weighted by Crippen LogP contribution is 2.30. The van der Waals surface area contributed by atoms with Crippen molar-refractivity contribution in [2.45, 2.75) is 26.2 Å². The van der Waals surface area contributed by atoms with Crippen LogP contribution in [-0.2, 0) is 10.2 Å². The quantitative estimate of drug-likeness (QED) is 0.706. The van der Waals surface area contributed by atoms with Crippen LogP contribution in [0.3, 0.4) is 0 Å². The minimum absolute atomic E-state index is 0.169. The highest BCUT2D eigenvalue weighted by atomic mass is 35.5. The summed E-state index contributed by atoms with van der Waals surface area (Å²) in [4.78, 5) is 21.4. The molecular weight excluding hydrogens is 390 g/mol. The summed E-state index contributed by atoms with van der Waals surface area (Å²) in [6.45, 7) is 6.32. The lowest BCUT2D eigenvalue weighted by atomic mass is 9.92. The van der Waals surface area contributed by atoms with Crippen LogP contribution in [0.4, 0.5) is 5.82 Å². The fraction of sp³-hybridized carbons (Fsp3) is 0.238. The lowest BCUT2D eigenvalue weighted by Crippen LogP contribution is -2.22. The number of anilines is 1. The van der Waals surface area contributed by atoms with Crippen molar-refractivity contribution in [3.8, 4) is 11.7 Å². The molecule has 2 aromatic heterocycles. The van der Waals surface area contributed by atoms with Gasteiger partial charge in [0.2, 0.25) is 0 Å². The average Bonchev–Trinajstić information content (AvgIpc) is 3.12. The van der Waals surface area contributed by atoms with Crippen LogP contribution in [0, 0.1) is 0 Å². The maximum Gasteiger partial charge on any atom is 0.256 e. The van der Waals surface area contributed by atoms with Crippen LogP contribution in [0.5, 0.6) is 5.75 Å². The molecule has 0 unspecified atom stereocenters. The number of aromatic nitrogens is 4. The van der Waals surface area contributed by atoms with Gasteiger partial charge in [0.1, 0.15) is 18.2 Å². The number of hydrogen-bond donors (Lipinski definition) is 1. The number of benzene rings is 1. The number of carbonyl (C=O) groups is 1. The van der Waals surface area contributed by atoms with Crippen molar-refractivity contribution in [1.29, 1.82) is 0 Å². The van der Waals surface area contributed by atoms with Crippen molar-refractivity contribution in [2.75, 3.05) is 11.9 Å². The Morgan fingerprint density at radius 1 is 1.21 bits per heavy atom. The summed E-state index contributed by atoms with van der Waals surface area (Å²) in [7, 11) is 0. The first kappa shape index (κ1) is 19.1. The number of ether oxygens (including phenoxy) is 1. The maximum absolute atomic E-state index is 12.9. The largest absolute Gasteiger partial charge is 0.488 e. The van der Waals surface area contributed by atoms with Gasteiger partial charge in [0, 0.05) is 34.5 Å². The number of hydrogen-bond acceptors (Lipinski definition) is 5. The fourth-order valence-corrected chi connectivity index (χ4v) is 3.05. The predicted molar refractivity (Wildman–Crippen MR) is 111 cm³/mol. The molecule has 0 bridgehead atoms. The van der Waals surface area contributed by atoms with Crippen molar-refractivity contribution in [3.05, 3.63) is 64.6 Å². The Balaban J connectivity index is 1.67. The number of amides is 1. The third-order valence-electron chi connectivity index (χ3n) is 4.44. The highest BCUT2D eigenvalue weighted by Gasteiger charge is 2.24. The van der Waals surface area contributed by atoms with Gasteiger partial charge in [0.25, 0.3) is 11.9 Å². The van der Waals surface area contributed by atoms with Gasteiger partial charge in [-0.3, -0.25) is 4.79 Å². The van der Waals surface area contributed by atoms with Gasteiger partial charge in [0.15, 0.2) is 0 Å². The zero-order chi connectivity index (χ0) is 20.6. The van der Waals surface area contributed by atoms with E-state index in [4.69, 9.17) is 16.3 Å². The second-order valence-corrected chi connectivity index (χ2v) is 8.16. The minimum atomic E-state index is -0.284. The molecular formula is C21H20ClN5O2. The third kappa shape index (κ3) is 4.00. The molecule has 0 spiro atoms. The average molecular weight is 410 g/mol. The van der Waals surface area contributed by atoms with Crippen LogP contribution in [0.25, 0.3) is 12.0 Å². The van der Waals surface area contributed by atoms with E-state index in [0.29, 0.717) is 28.1 Å². The number of nitrogens with zero attached hydrogens (tertiary/aromatic N) is 4. The van der Waals surface area contributed by atoms with Gasteiger partial charge in [-0.25, -0.2) is 9.97 Å². The Morgan fingerprint density at radius 2 is 1.97 bits per heavy atom. The summed E-state index contributed by atoms with van der Waals surface area (Å²) in [6, 6.07) is 8.88. The first-order valence-corrected chi connectivity index (χ1v) is 9.51. The zero-order valence-corrected chi connectivity index (χ0v) is 17.1. The molecule has 3 aromatic rings. The van der Waals surface area contributed by atoms with Crippen molar-refractivity contribution in [2.24, 2.45) is 0 Å². The van der Waals surface area contributed by atoms with E-state index in [2.05, 4.69) is 41.2 Å². The smallest absolute Gasteiger partial charge is 0.256 e. The molecule has 1 aliphatic heterocycles. The lowest BCUT2D eigenvalue weighted by Gasteiger charge is -2.18. The summed E-state index contributed by atoms with van der Waals surface area (Å²) in [5.74, 6) is 1.28. The lowest BCUT2D eigenvalue weighted by molar-refractivity contribution is -0.113. The van der Waals surface area contributed by atoms with E-state index in [-0.39, 0.29) is 17.9 Å². The van der Waals surface area contributed by atoms with Crippen LogP contribution >= 0.6 is 11.6 Å². The molecule has 0 aliphatic carbocycles. The highest BCUT2D eigenvalue weighted by molar-refractivity contribution is 6.30. The van der Waals surface area contributed by atoms with Gasteiger partial charge in [-0.1, -0.05) is 32.4 Å². The number of fused-ring (bicyclic) bond motifs is 1. The van der Waals surface area contributed by atoms with Crippen molar-refractivity contribution in [1.82, 2.24) is 19.7 Å². The molecule has 4 rings (SSSR count). The van der Waals surface area contributed by atoms with Crippen molar-refractivity contribution < 1.29 is 9.53 Å². The Kier molecular flexibility index (Phi) is 4.84. The monoisotopic (exact) mass is 409 g/mol. The van der Waals surface area contributed by atoms with Gasteiger partial charge in [-0.2, -0.15) is 9.78 Å². The zero-order valence-electron chi connectivity index (χ0n) is 16.3. The van der Waals surface area contributed by atoms with E-state index < -0.39 is 0 Å². The third-order valence-corrected chi connectivity index (χ3v) is 4.67. The van der Waals surface area contributed by atoms with E-state index in [1.807, 2.05) is 6.07 Å². The molecule has 0 saturated carbocycles. The SMILES string of the molecule is CC(C)(C)c1cc(NC(=O)C2=Cc3cc(Cl)ccc3OC2)n(-c2ncccn2)n1. The number of halogens is 1. The molecule has 0 fully saturated rings. The Hall–Kier alpha value is -3.19. The molecule has 3 heterocycles.